The van der Waals surface area contributed by atoms with Crippen molar-refractivity contribution in [2.45, 2.75) is 19.3 Å². The first-order chi connectivity index (χ1) is 11.2. The Morgan fingerprint density at radius 1 is 1.39 bits per heavy atom. The highest BCUT2D eigenvalue weighted by molar-refractivity contribution is 5.85. The quantitative estimate of drug-likeness (QED) is 0.840. The molecular weight excluding hydrogens is 292 g/mol. The van der Waals surface area contributed by atoms with Gasteiger partial charge < -0.3 is 14.5 Å². The van der Waals surface area contributed by atoms with E-state index in [0.29, 0.717) is 25.4 Å². The maximum absolute atomic E-state index is 12.9. The van der Waals surface area contributed by atoms with Crippen LogP contribution in [0.4, 0.5) is 5.82 Å². The number of anilines is 1. The Labute approximate surface area is 136 Å². The Kier molecular flexibility index (Phi) is 4.49. The molecule has 6 heteroatoms. The van der Waals surface area contributed by atoms with Gasteiger partial charge in [-0.05, 0) is 31.4 Å². The van der Waals surface area contributed by atoms with Crippen molar-refractivity contribution in [2.24, 2.45) is 5.41 Å². The molecule has 1 atom stereocenters. The first-order valence-corrected chi connectivity index (χ1v) is 8.09. The molecule has 0 radical (unpaired) electrons. The topological polar surface area (TPSA) is 69.5 Å². The van der Waals surface area contributed by atoms with E-state index in [9.17, 15) is 4.79 Å². The van der Waals surface area contributed by atoms with E-state index in [4.69, 9.17) is 10.00 Å². The third-order valence-corrected chi connectivity index (χ3v) is 4.92. The first-order valence-electron chi connectivity index (χ1n) is 8.09. The number of likely N-dealkylation sites (tertiary alicyclic amines) is 1. The van der Waals surface area contributed by atoms with Crippen molar-refractivity contribution in [1.82, 2.24) is 9.88 Å². The number of methoxy groups -OCH3 is 1. The minimum absolute atomic E-state index is 0.250. The maximum Gasteiger partial charge on any atom is 0.230 e. The van der Waals surface area contributed by atoms with Crippen molar-refractivity contribution in [3.05, 3.63) is 23.9 Å². The summed E-state index contributed by atoms with van der Waals surface area (Å²) in [7, 11) is 1.66. The van der Waals surface area contributed by atoms with Gasteiger partial charge in [0.05, 0.1) is 12.0 Å². The molecule has 122 valence electrons. The lowest BCUT2D eigenvalue weighted by Gasteiger charge is -2.39. The molecule has 1 aromatic heterocycles. The Balaban J connectivity index is 1.74. The molecule has 1 unspecified atom stereocenters. The summed E-state index contributed by atoms with van der Waals surface area (Å²) in [6.45, 7) is 3.58. The normalized spacial score (nSPS) is 24.3. The van der Waals surface area contributed by atoms with E-state index in [1.807, 2.05) is 17.0 Å². The molecule has 3 rings (SSSR count). The molecule has 1 amide bonds. The summed E-state index contributed by atoms with van der Waals surface area (Å²) in [4.78, 5) is 21.4. The van der Waals surface area contributed by atoms with Crippen LogP contribution in [0.1, 0.15) is 25.0 Å². The van der Waals surface area contributed by atoms with Crippen LogP contribution in [0.15, 0.2) is 18.2 Å². The lowest BCUT2D eigenvalue weighted by Crippen LogP contribution is -2.51. The van der Waals surface area contributed by atoms with Crippen LogP contribution in [-0.4, -0.2) is 55.7 Å². The van der Waals surface area contributed by atoms with Crippen molar-refractivity contribution in [2.75, 3.05) is 44.8 Å². The zero-order chi connectivity index (χ0) is 16.3. The van der Waals surface area contributed by atoms with E-state index in [1.165, 1.54) is 0 Å². The van der Waals surface area contributed by atoms with Gasteiger partial charge in [-0.25, -0.2) is 4.98 Å². The second kappa shape index (κ2) is 6.55. The minimum Gasteiger partial charge on any atom is -0.383 e. The van der Waals surface area contributed by atoms with Crippen molar-refractivity contribution >= 4 is 11.7 Å². The van der Waals surface area contributed by atoms with Gasteiger partial charge in [0.15, 0.2) is 0 Å². The van der Waals surface area contributed by atoms with Crippen LogP contribution in [0.25, 0.3) is 0 Å². The molecule has 0 aromatic carbocycles. The zero-order valence-electron chi connectivity index (χ0n) is 13.5. The molecular formula is C17H22N4O2. The van der Waals surface area contributed by atoms with Crippen LogP contribution in [0, 0.1) is 16.7 Å². The molecule has 0 bridgehead atoms. The molecule has 0 N–H and O–H groups in total. The van der Waals surface area contributed by atoms with E-state index >= 15 is 0 Å². The Morgan fingerprint density at radius 2 is 2.26 bits per heavy atom. The van der Waals surface area contributed by atoms with E-state index in [2.05, 4.69) is 16.0 Å². The van der Waals surface area contributed by atoms with Crippen molar-refractivity contribution < 1.29 is 9.53 Å². The number of hydrogen-bond donors (Lipinski definition) is 0. The Morgan fingerprint density at radius 3 is 3.04 bits per heavy atom. The van der Waals surface area contributed by atoms with Crippen LogP contribution in [0.2, 0.25) is 0 Å². The van der Waals surface area contributed by atoms with Gasteiger partial charge in [0.2, 0.25) is 5.91 Å². The molecule has 2 aliphatic heterocycles. The second-order valence-corrected chi connectivity index (χ2v) is 6.33. The van der Waals surface area contributed by atoms with Crippen LogP contribution in [0.3, 0.4) is 0 Å². The largest absolute Gasteiger partial charge is 0.383 e. The summed E-state index contributed by atoms with van der Waals surface area (Å²) in [6, 6.07) is 7.54. The average Bonchev–Trinajstić information content (AvgIpc) is 3.02. The summed E-state index contributed by atoms with van der Waals surface area (Å²) in [5.74, 6) is 1.04. The lowest BCUT2D eigenvalue weighted by atomic mass is 9.78. The number of carbonyl (C=O) groups excluding carboxylic acids is 1. The average molecular weight is 314 g/mol. The van der Waals surface area contributed by atoms with E-state index in [-0.39, 0.29) is 11.3 Å². The second-order valence-electron chi connectivity index (χ2n) is 6.33. The van der Waals surface area contributed by atoms with Gasteiger partial charge in [-0.2, -0.15) is 5.26 Å². The number of piperidine rings is 1. The highest BCUT2D eigenvalue weighted by Gasteiger charge is 2.48. The number of nitrogens with zero attached hydrogens (tertiary/aromatic N) is 4. The number of hydrogen-bond acceptors (Lipinski definition) is 5. The number of carbonyl (C=O) groups is 1. The predicted molar refractivity (Wildman–Crippen MR) is 85.9 cm³/mol. The van der Waals surface area contributed by atoms with Crippen LogP contribution in [0.5, 0.6) is 0 Å². The number of ether oxygens (including phenoxy) is 1. The van der Waals surface area contributed by atoms with Gasteiger partial charge in [0, 0.05) is 33.3 Å². The monoisotopic (exact) mass is 314 g/mol. The predicted octanol–water partition coefficient (Wildman–Crippen LogP) is 1.42. The number of amides is 1. The summed E-state index contributed by atoms with van der Waals surface area (Å²) >= 11 is 0. The SMILES string of the molecule is COCCN1CCCC2(CCN(c3cccc(C#N)n3)C2)C1=O. The molecule has 0 aliphatic carbocycles. The minimum atomic E-state index is -0.295. The van der Waals surface area contributed by atoms with E-state index < -0.39 is 0 Å². The number of aromatic nitrogens is 1. The van der Waals surface area contributed by atoms with Gasteiger partial charge in [-0.15, -0.1) is 0 Å². The fourth-order valence-electron chi connectivity index (χ4n) is 3.68. The van der Waals surface area contributed by atoms with Gasteiger partial charge in [-0.1, -0.05) is 6.07 Å². The smallest absolute Gasteiger partial charge is 0.230 e. The maximum atomic E-state index is 12.9. The number of nitriles is 1. The Hall–Kier alpha value is -2.13. The van der Waals surface area contributed by atoms with Crippen LogP contribution < -0.4 is 4.90 Å². The van der Waals surface area contributed by atoms with Crippen molar-refractivity contribution in [1.29, 1.82) is 5.26 Å². The molecule has 3 heterocycles. The first kappa shape index (κ1) is 15.8. The Bertz CT molecular complexity index is 627. The van der Waals surface area contributed by atoms with Gasteiger partial charge in [0.1, 0.15) is 17.6 Å². The van der Waals surface area contributed by atoms with Gasteiger partial charge >= 0.3 is 0 Å². The van der Waals surface area contributed by atoms with Gasteiger partial charge in [0.25, 0.3) is 0 Å². The highest BCUT2D eigenvalue weighted by atomic mass is 16.5. The van der Waals surface area contributed by atoms with Crippen LogP contribution in [-0.2, 0) is 9.53 Å². The summed E-state index contributed by atoms with van der Waals surface area (Å²) in [5, 5.41) is 9.00. The third-order valence-electron chi connectivity index (χ3n) is 4.92. The van der Waals surface area contributed by atoms with E-state index in [1.54, 1.807) is 13.2 Å². The summed E-state index contributed by atoms with van der Waals surface area (Å²) in [5.41, 5.74) is 0.121. The number of pyridine rings is 1. The molecule has 2 aliphatic rings. The van der Waals surface area contributed by atoms with Gasteiger partial charge in [-0.3, -0.25) is 4.79 Å². The van der Waals surface area contributed by atoms with E-state index in [0.717, 1.165) is 38.2 Å². The third kappa shape index (κ3) is 3.02. The highest BCUT2D eigenvalue weighted by Crippen LogP contribution is 2.41. The summed E-state index contributed by atoms with van der Waals surface area (Å²) < 4.78 is 5.12. The molecule has 1 spiro atoms. The molecule has 23 heavy (non-hydrogen) atoms. The fourth-order valence-corrected chi connectivity index (χ4v) is 3.68. The lowest BCUT2D eigenvalue weighted by molar-refractivity contribution is -0.145. The standard InChI is InChI=1S/C17H22N4O2/c1-23-11-10-20-8-3-6-17(16(20)22)7-9-21(13-17)15-5-2-4-14(12-18)19-15/h2,4-5H,3,6-11,13H2,1H3. The zero-order valence-corrected chi connectivity index (χ0v) is 13.5. The summed E-state index contributed by atoms with van der Waals surface area (Å²) in [6.07, 6.45) is 2.83. The fraction of sp³-hybridized carbons (Fsp3) is 0.588. The molecule has 2 saturated heterocycles. The van der Waals surface area contributed by atoms with Crippen molar-refractivity contribution in [3.8, 4) is 6.07 Å². The number of rotatable bonds is 4. The van der Waals surface area contributed by atoms with Crippen LogP contribution >= 0.6 is 0 Å². The molecule has 2 fully saturated rings. The molecule has 1 aromatic rings. The molecule has 0 saturated carbocycles. The molecule has 6 nitrogen and oxygen atoms in total. The van der Waals surface area contributed by atoms with Crippen molar-refractivity contribution in [3.63, 3.8) is 0 Å².